The van der Waals surface area contributed by atoms with Gasteiger partial charge in [-0.1, -0.05) is 80.8 Å². The maximum atomic E-state index is 11.3. The average molecular weight is 551 g/mol. The van der Waals surface area contributed by atoms with Gasteiger partial charge in [0.25, 0.3) is 0 Å². The minimum Gasteiger partial charge on any atom is -0.479 e. The van der Waals surface area contributed by atoms with E-state index in [1.807, 2.05) is 12.1 Å². The molecule has 2 aromatic carbocycles. The number of aliphatic carboxylic acids is 2. The molecule has 8 heteroatoms. The Balaban J connectivity index is 1.21. The standard InChI is InChI=1S/C32H38O8/c1-2-27(33)38-20-6-4-3-5-7-21-8-10-22(11-9-21)23-12-14-24(15-13-23)25-16-18-26(19-17-25)32-39-28(30(34)35)29(40-32)31(36)37/h2,12-19,21-22,28-29,32H,1,3-11,20H2,(H,34,35)(H,36,37). The highest BCUT2D eigenvalue weighted by Crippen LogP contribution is 2.38. The van der Waals surface area contributed by atoms with Crippen molar-refractivity contribution in [1.82, 2.24) is 0 Å². The van der Waals surface area contributed by atoms with Gasteiger partial charge in [0, 0.05) is 11.6 Å². The van der Waals surface area contributed by atoms with Crippen LogP contribution in [-0.2, 0) is 28.6 Å². The Morgan fingerprint density at radius 1 is 0.775 bits per heavy atom. The Morgan fingerprint density at radius 3 is 1.82 bits per heavy atom. The van der Waals surface area contributed by atoms with E-state index in [2.05, 4.69) is 30.8 Å². The molecule has 1 aliphatic heterocycles. The number of ether oxygens (including phenoxy) is 3. The predicted molar refractivity (Wildman–Crippen MR) is 149 cm³/mol. The molecule has 1 saturated carbocycles. The van der Waals surface area contributed by atoms with Gasteiger partial charge in [-0.05, 0) is 60.6 Å². The quantitative estimate of drug-likeness (QED) is 0.170. The highest BCUT2D eigenvalue weighted by molar-refractivity contribution is 5.84. The second-order valence-corrected chi connectivity index (χ2v) is 10.7. The van der Waals surface area contributed by atoms with E-state index < -0.39 is 30.4 Å². The van der Waals surface area contributed by atoms with Gasteiger partial charge in [0.05, 0.1) is 6.61 Å². The largest absolute Gasteiger partial charge is 0.479 e. The lowest BCUT2D eigenvalue weighted by atomic mass is 9.77. The molecule has 0 amide bonds. The van der Waals surface area contributed by atoms with Gasteiger partial charge >= 0.3 is 17.9 Å². The summed E-state index contributed by atoms with van der Waals surface area (Å²) in [6.45, 7) is 3.88. The Kier molecular flexibility index (Phi) is 10.5. The molecule has 2 aliphatic rings. The van der Waals surface area contributed by atoms with Crippen molar-refractivity contribution in [2.45, 2.75) is 82.2 Å². The zero-order valence-corrected chi connectivity index (χ0v) is 22.7. The van der Waals surface area contributed by atoms with Crippen molar-refractivity contribution in [3.63, 3.8) is 0 Å². The molecule has 40 heavy (non-hydrogen) atoms. The van der Waals surface area contributed by atoms with Gasteiger partial charge in [0.2, 0.25) is 0 Å². The Bertz CT molecular complexity index is 1130. The summed E-state index contributed by atoms with van der Waals surface area (Å²) < 4.78 is 15.7. The molecule has 2 unspecified atom stereocenters. The van der Waals surface area contributed by atoms with Crippen molar-refractivity contribution in [3.8, 4) is 11.1 Å². The van der Waals surface area contributed by atoms with E-state index in [4.69, 9.17) is 14.2 Å². The fourth-order valence-corrected chi connectivity index (χ4v) is 5.66. The van der Waals surface area contributed by atoms with Crippen LogP contribution in [0.15, 0.2) is 61.2 Å². The van der Waals surface area contributed by atoms with Crippen LogP contribution < -0.4 is 0 Å². The molecular formula is C32H38O8. The summed E-state index contributed by atoms with van der Waals surface area (Å²) in [6, 6.07) is 16.0. The lowest BCUT2D eigenvalue weighted by Crippen LogP contribution is -2.36. The SMILES string of the molecule is C=CC(=O)OCCCCCCC1CCC(c2ccc(-c3ccc(C4OC(C(=O)O)C(C(=O)O)O4)cc3)cc2)CC1. The molecule has 2 N–H and O–H groups in total. The fourth-order valence-electron chi connectivity index (χ4n) is 5.66. The first-order chi connectivity index (χ1) is 19.4. The van der Waals surface area contributed by atoms with Crippen LogP contribution in [0.3, 0.4) is 0 Å². The third-order valence-electron chi connectivity index (χ3n) is 7.96. The van der Waals surface area contributed by atoms with Gasteiger partial charge < -0.3 is 24.4 Å². The first-order valence-electron chi connectivity index (χ1n) is 14.1. The summed E-state index contributed by atoms with van der Waals surface area (Å²) in [5, 5.41) is 18.4. The topological polar surface area (TPSA) is 119 Å². The summed E-state index contributed by atoms with van der Waals surface area (Å²) in [7, 11) is 0. The van der Waals surface area contributed by atoms with Crippen LogP contribution in [0.25, 0.3) is 11.1 Å². The molecule has 0 aromatic heterocycles. The number of benzene rings is 2. The maximum absolute atomic E-state index is 11.3. The molecule has 0 spiro atoms. The van der Waals surface area contributed by atoms with Crippen molar-refractivity contribution < 1.29 is 38.8 Å². The normalized spacial score (nSPS) is 24.4. The molecule has 214 valence electrons. The van der Waals surface area contributed by atoms with Crippen molar-refractivity contribution >= 4 is 17.9 Å². The average Bonchev–Trinajstić information content (AvgIpc) is 3.44. The molecule has 1 saturated heterocycles. The molecule has 8 nitrogen and oxygen atoms in total. The molecule has 0 radical (unpaired) electrons. The van der Waals surface area contributed by atoms with E-state index in [0.29, 0.717) is 18.1 Å². The highest BCUT2D eigenvalue weighted by Gasteiger charge is 2.46. The van der Waals surface area contributed by atoms with Crippen molar-refractivity contribution in [3.05, 3.63) is 72.3 Å². The second-order valence-electron chi connectivity index (χ2n) is 10.7. The smallest absolute Gasteiger partial charge is 0.336 e. The Labute approximate surface area is 234 Å². The van der Waals surface area contributed by atoms with Crippen molar-refractivity contribution in [2.75, 3.05) is 6.61 Å². The molecule has 2 atom stereocenters. The number of unbranched alkanes of at least 4 members (excludes halogenated alkanes) is 3. The summed E-state index contributed by atoms with van der Waals surface area (Å²) in [4.78, 5) is 33.7. The third-order valence-corrected chi connectivity index (χ3v) is 7.96. The number of hydrogen-bond donors (Lipinski definition) is 2. The monoisotopic (exact) mass is 550 g/mol. The van der Waals surface area contributed by atoms with E-state index in [1.165, 1.54) is 56.6 Å². The summed E-state index contributed by atoms with van der Waals surface area (Å²) >= 11 is 0. The first-order valence-corrected chi connectivity index (χ1v) is 14.1. The van der Waals surface area contributed by atoms with Crippen LogP contribution in [0, 0.1) is 5.92 Å². The molecule has 1 heterocycles. The molecule has 4 rings (SSSR count). The van der Waals surface area contributed by atoms with Gasteiger partial charge in [0.15, 0.2) is 18.5 Å². The van der Waals surface area contributed by atoms with E-state index in [9.17, 15) is 24.6 Å². The van der Waals surface area contributed by atoms with Gasteiger partial charge in [-0.15, -0.1) is 0 Å². The lowest BCUT2D eigenvalue weighted by Gasteiger charge is -2.29. The number of carboxylic acids is 2. The van der Waals surface area contributed by atoms with E-state index in [1.54, 1.807) is 12.1 Å². The van der Waals surface area contributed by atoms with E-state index in [0.717, 1.165) is 29.9 Å². The maximum Gasteiger partial charge on any atom is 0.336 e. The molecule has 0 bridgehead atoms. The van der Waals surface area contributed by atoms with Crippen LogP contribution in [0.4, 0.5) is 0 Å². The van der Waals surface area contributed by atoms with Crippen LogP contribution in [0.2, 0.25) is 0 Å². The van der Waals surface area contributed by atoms with Crippen LogP contribution in [-0.4, -0.2) is 46.9 Å². The minimum absolute atomic E-state index is 0.344. The number of hydrogen-bond acceptors (Lipinski definition) is 6. The third kappa shape index (κ3) is 7.79. The van der Waals surface area contributed by atoms with Crippen molar-refractivity contribution in [2.24, 2.45) is 5.92 Å². The number of rotatable bonds is 13. The molecule has 2 fully saturated rings. The van der Waals surface area contributed by atoms with Crippen LogP contribution >= 0.6 is 0 Å². The zero-order chi connectivity index (χ0) is 28.5. The number of carboxylic acid groups (broad SMARTS) is 2. The molecular weight excluding hydrogens is 512 g/mol. The van der Waals surface area contributed by atoms with Gasteiger partial charge in [-0.25, -0.2) is 14.4 Å². The zero-order valence-electron chi connectivity index (χ0n) is 22.7. The molecule has 1 aliphatic carbocycles. The number of esters is 1. The van der Waals surface area contributed by atoms with Gasteiger partial charge in [-0.3, -0.25) is 0 Å². The van der Waals surface area contributed by atoms with Crippen LogP contribution in [0.1, 0.15) is 81.1 Å². The predicted octanol–water partition coefficient (Wildman–Crippen LogP) is 6.26. The summed E-state index contributed by atoms with van der Waals surface area (Å²) in [5.74, 6) is -1.68. The Morgan fingerprint density at radius 2 is 1.30 bits per heavy atom. The first kappa shape index (κ1) is 29.5. The minimum atomic E-state index is -1.54. The summed E-state index contributed by atoms with van der Waals surface area (Å²) in [5.41, 5.74) is 4.02. The van der Waals surface area contributed by atoms with Gasteiger partial charge in [-0.2, -0.15) is 0 Å². The van der Waals surface area contributed by atoms with E-state index >= 15 is 0 Å². The van der Waals surface area contributed by atoms with Gasteiger partial charge in [0.1, 0.15) is 0 Å². The molecule has 2 aromatic rings. The highest BCUT2D eigenvalue weighted by atomic mass is 16.7. The van der Waals surface area contributed by atoms with E-state index in [-0.39, 0.29) is 5.97 Å². The van der Waals surface area contributed by atoms with Crippen LogP contribution in [0.5, 0.6) is 0 Å². The fraction of sp³-hybridized carbons (Fsp3) is 0.469. The van der Waals surface area contributed by atoms with Crippen molar-refractivity contribution in [1.29, 1.82) is 0 Å². The number of carbonyl (C=O) groups is 3. The Hall–Kier alpha value is -3.49. The lowest BCUT2D eigenvalue weighted by molar-refractivity contribution is -0.156. The summed E-state index contributed by atoms with van der Waals surface area (Å²) in [6.07, 6.45) is 7.73. The number of carbonyl (C=O) groups excluding carboxylic acids is 1. The second kappa shape index (κ2) is 14.2.